The topological polar surface area (TPSA) is 64.4 Å². The van der Waals surface area contributed by atoms with Crippen molar-refractivity contribution in [3.05, 3.63) is 42.5 Å². The van der Waals surface area contributed by atoms with Crippen molar-refractivity contribution in [2.75, 3.05) is 12.3 Å². The summed E-state index contributed by atoms with van der Waals surface area (Å²) in [7, 11) is 0. The van der Waals surface area contributed by atoms with Crippen molar-refractivity contribution in [2.45, 2.75) is 0 Å². The standard InChI is InChI=1S/C13H15N3S/c14-8-9-17-13(15)16-12-7-3-5-10-4-1-2-6-11(10)12/h1-7H,8-9,14H2,(H2,15,16). The van der Waals surface area contributed by atoms with Crippen LogP contribution < -0.4 is 11.5 Å². The Bertz CT molecular complexity index is 532. The van der Waals surface area contributed by atoms with Gasteiger partial charge in [0.05, 0.1) is 5.69 Å². The maximum Gasteiger partial charge on any atom is 0.159 e. The first-order chi connectivity index (χ1) is 8.31. The van der Waals surface area contributed by atoms with Crippen molar-refractivity contribution < 1.29 is 0 Å². The van der Waals surface area contributed by atoms with Crippen molar-refractivity contribution in [1.82, 2.24) is 0 Å². The highest BCUT2D eigenvalue weighted by Gasteiger charge is 1.99. The number of amidine groups is 1. The smallest absolute Gasteiger partial charge is 0.159 e. The van der Waals surface area contributed by atoms with E-state index in [2.05, 4.69) is 23.2 Å². The van der Waals surface area contributed by atoms with Gasteiger partial charge >= 0.3 is 0 Å². The van der Waals surface area contributed by atoms with E-state index in [1.807, 2.05) is 24.3 Å². The maximum absolute atomic E-state index is 5.84. The predicted molar refractivity (Wildman–Crippen MR) is 76.7 cm³/mol. The number of nitrogens with two attached hydrogens (primary N) is 2. The Hall–Kier alpha value is -1.52. The fourth-order valence-electron chi connectivity index (χ4n) is 1.62. The molecule has 0 atom stereocenters. The molecule has 0 aromatic heterocycles. The van der Waals surface area contributed by atoms with Crippen LogP contribution in [0.1, 0.15) is 0 Å². The molecule has 0 unspecified atom stereocenters. The van der Waals surface area contributed by atoms with Gasteiger partial charge in [0.25, 0.3) is 0 Å². The highest BCUT2D eigenvalue weighted by Crippen LogP contribution is 2.26. The number of hydrogen-bond donors (Lipinski definition) is 2. The van der Waals surface area contributed by atoms with Gasteiger partial charge in [-0.05, 0) is 11.5 Å². The molecule has 0 saturated heterocycles. The predicted octanol–water partition coefficient (Wildman–Crippen LogP) is 2.48. The zero-order valence-electron chi connectivity index (χ0n) is 9.47. The Morgan fingerprint density at radius 3 is 2.71 bits per heavy atom. The first-order valence-electron chi connectivity index (χ1n) is 5.46. The lowest BCUT2D eigenvalue weighted by Crippen LogP contribution is -2.10. The van der Waals surface area contributed by atoms with E-state index in [1.54, 1.807) is 0 Å². The molecule has 88 valence electrons. The molecule has 0 aliphatic rings. The third-order valence-electron chi connectivity index (χ3n) is 2.37. The lowest BCUT2D eigenvalue weighted by Gasteiger charge is -2.03. The van der Waals surface area contributed by atoms with Crippen LogP contribution in [0.3, 0.4) is 0 Å². The highest BCUT2D eigenvalue weighted by molar-refractivity contribution is 8.13. The second kappa shape index (κ2) is 5.70. The average Bonchev–Trinajstić information content (AvgIpc) is 2.37. The fourth-order valence-corrected chi connectivity index (χ4v) is 2.11. The SMILES string of the molecule is NCCSC(N)=Nc1cccc2ccccc12. The van der Waals surface area contributed by atoms with E-state index in [0.717, 1.165) is 16.8 Å². The van der Waals surface area contributed by atoms with E-state index >= 15 is 0 Å². The lowest BCUT2D eigenvalue weighted by molar-refractivity contribution is 1.15. The summed E-state index contributed by atoms with van der Waals surface area (Å²) < 4.78 is 0. The zero-order valence-corrected chi connectivity index (χ0v) is 10.3. The van der Waals surface area contributed by atoms with Crippen molar-refractivity contribution in [2.24, 2.45) is 16.5 Å². The normalized spacial score (nSPS) is 11.9. The van der Waals surface area contributed by atoms with Gasteiger partial charge in [0.1, 0.15) is 0 Å². The molecule has 0 amide bonds. The Labute approximate surface area is 105 Å². The quantitative estimate of drug-likeness (QED) is 0.645. The Kier molecular flexibility index (Phi) is 4.01. The second-order valence-electron chi connectivity index (χ2n) is 3.59. The van der Waals surface area contributed by atoms with Gasteiger partial charge in [-0.2, -0.15) is 0 Å². The van der Waals surface area contributed by atoms with E-state index < -0.39 is 0 Å². The molecule has 3 nitrogen and oxygen atoms in total. The van der Waals surface area contributed by atoms with Crippen LogP contribution in [-0.4, -0.2) is 17.5 Å². The number of thioether (sulfide) groups is 1. The van der Waals surface area contributed by atoms with Gasteiger partial charge in [-0.3, -0.25) is 0 Å². The summed E-state index contributed by atoms with van der Waals surface area (Å²) in [6.07, 6.45) is 0. The molecule has 4 N–H and O–H groups in total. The van der Waals surface area contributed by atoms with Crippen LogP contribution in [0.5, 0.6) is 0 Å². The Morgan fingerprint density at radius 1 is 1.12 bits per heavy atom. The summed E-state index contributed by atoms with van der Waals surface area (Å²) in [6.45, 7) is 0.608. The van der Waals surface area contributed by atoms with Crippen molar-refractivity contribution in [3.8, 4) is 0 Å². The molecule has 2 aromatic rings. The number of nitrogens with zero attached hydrogens (tertiary/aromatic N) is 1. The summed E-state index contributed by atoms with van der Waals surface area (Å²) >= 11 is 1.48. The third-order valence-corrected chi connectivity index (χ3v) is 3.19. The van der Waals surface area contributed by atoms with Crippen molar-refractivity contribution >= 4 is 33.4 Å². The van der Waals surface area contributed by atoms with Gasteiger partial charge in [-0.1, -0.05) is 48.2 Å². The summed E-state index contributed by atoms with van der Waals surface area (Å²) in [6, 6.07) is 14.2. The van der Waals surface area contributed by atoms with Crippen LogP contribution in [0.2, 0.25) is 0 Å². The molecule has 0 aliphatic carbocycles. The lowest BCUT2D eigenvalue weighted by atomic mass is 10.1. The fraction of sp³-hybridized carbons (Fsp3) is 0.154. The monoisotopic (exact) mass is 245 g/mol. The van der Waals surface area contributed by atoms with E-state index in [-0.39, 0.29) is 0 Å². The van der Waals surface area contributed by atoms with Gasteiger partial charge < -0.3 is 11.5 Å². The summed E-state index contributed by atoms with van der Waals surface area (Å²) in [5.74, 6) is 0.792. The highest BCUT2D eigenvalue weighted by atomic mass is 32.2. The molecule has 0 spiro atoms. The average molecular weight is 245 g/mol. The molecule has 2 rings (SSSR count). The van der Waals surface area contributed by atoms with E-state index in [9.17, 15) is 0 Å². The first-order valence-corrected chi connectivity index (χ1v) is 6.44. The van der Waals surface area contributed by atoms with Crippen LogP contribution in [0.25, 0.3) is 10.8 Å². The number of fused-ring (bicyclic) bond motifs is 1. The van der Waals surface area contributed by atoms with Crippen molar-refractivity contribution in [1.29, 1.82) is 0 Å². The van der Waals surface area contributed by atoms with Gasteiger partial charge in [0.15, 0.2) is 5.17 Å². The second-order valence-corrected chi connectivity index (χ2v) is 4.70. The maximum atomic E-state index is 5.84. The molecule has 2 aromatic carbocycles. The van der Waals surface area contributed by atoms with Crippen LogP contribution in [0.15, 0.2) is 47.5 Å². The molecular weight excluding hydrogens is 230 g/mol. The molecule has 0 saturated carbocycles. The van der Waals surface area contributed by atoms with E-state index in [1.165, 1.54) is 17.1 Å². The Morgan fingerprint density at radius 2 is 1.88 bits per heavy atom. The van der Waals surface area contributed by atoms with E-state index in [0.29, 0.717) is 11.7 Å². The van der Waals surface area contributed by atoms with Gasteiger partial charge in [0.2, 0.25) is 0 Å². The van der Waals surface area contributed by atoms with Crippen molar-refractivity contribution in [3.63, 3.8) is 0 Å². The summed E-state index contributed by atoms with van der Waals surface area (Å²) in [5.41, 5.74) is 12.2. The molecular formula is C13H15N3S. The summed E-state index contributed by atoms with van der Waals surface area (Å²) in [5, 5.41) is 2.85. The molecule has 0 heterocycles. The summed E-state index contributed by atoms with van der Waals surface area (Å²) in [4.78, 5) is 4.43. The number of benzene rings is 2. The molecule has 17 heavy (non-hydrogen) atoms. The van der Waals surface area contributed by atoms with Gasteiger partial charge in [-0.25, -0.2) is 4.99 Å². The molecule has 4 heteroatoms. The molecule has 0 aliphatic heterocycles. The van der Waals surface area contributed by atoms with E-state index in [4.69, 9.17) is 11.5 Å². The minimum atomic E-state index is 0.562. The number of rotatable bonds is 3. The molecule has 0 radical (unpaired) electrons. The minimum Gasteiger partial charge on any atom is -0.378 e. The van der Waals surface area contributed by atoms with Crippen LogP contribution in [0.4, 0.5) is 5.69 Å². The van der Waals surface area contributed by atoms with Gasteiger partial charge in [0, 0.05) is 17.7 Å². The Balaban J connectivity index is 2.35. The largest absolute Gasteiger partial charge is 0.378 e. The third kappa shape index (κ3) is 2.99. The van der Waals surface area contributed by atoms with Crippen LogP contribution in [-0.2, 0) is 0 Å². The molecule has 0 fully saturated rings. The van der Waals surface area contributed by atoms with Gasteiger partial charge in [-0.15, -0.1) is 0 Å². The molecule has 0 bridgehead atoms. The first kappa shape index (κ1) is 12.0. The van der Waals surface area contributed by atoms with Crippen LogP contribution in [0, 0.1) is 0 Å². The minimum absolute atomic E-state index is 0.562. The zero-order chi connectivity index (χ0) is 12.1. The number of aliphatic imine (C=N–C) groups is 1. The number of hydrogen-bond acceptors (Lipinski definition) is 3. The van der Waals surface area contributed by atoms with Crippen LogP contribution >= 0.6 is 11.8 Å².